The molecule has 22 heavy (non-hydrogen) atoms. The molecule has 0 saturated heterocycles. The molecule has 3 aromatic rings. The molecule has 6 heteroatoms. The van der Waals surface area contributed by atoms with Crippen LogP contribution in [-0.4, -0.2) is 31.2 Å². The smallest absolute Gasteiger partial charge is 0.187 e. The number of fused-ring (bicyclic) bond motifs is 1. The monoisotopic (exact) mass is 293 g/mol. The highest BCUT2D eigenvalue weighted by Gasteiger charge is 2.15. The van der Waals surface area contributed by atoms with Crippen LogP contribution in [0.1, 0.15) is 12.7 Å². The van der Waals surface area contributed by atoms with E-state index in [0.29, 0.717) is 35.2 Å². The van der Waals surface area contributed by atoms with Gasteiger partial charge in [-0.1, -0.05) is 36.3 Å². The van der Waals surface area contributed by atoms with Gasteiger partial charge in [0.25, 0.3) is 0 Å². The Labute approximate surface area is 127 Å². The molecule has 3 rings (SSSR count). The molecular formula is C16H15N5O. The van der Waals surface area contributed by atoms with Crippen molar-refractivity contribution in [2.24, 2.45) is 0 Å². The number of anilines is 1. The predicted octanol–water partition coefficient (Wildman–Crippen LogP) is 1.44. The zero-order valence-corrected chi connectivity index (χ0v) is 12.1. The van der Waals surface area contributed by atoms with Crippen LogP contribution < -0.4 is 5.73 Å². The van der Waals surface area contributed by atoms with Gasteiger partial charge >= 0.3 is 0 Å². The maximum absolute atomic E-state index is 8.85. The number of aliphatic hydroxyl groups excluding tert-OH is 1. The summed E-state index contributed by atoms with van der Waals surface area (Å²) >= 11 is 0. The number of imidazole rings is 1. The Morgan fingerprint density at radius 2 is 1.95 bits per heavy atom. The Balaban J connectivity index is 2.25. The first kappa shape index (κ1) is 14.0. The molecule has 0 spiro atoms. The number of rotatable bonds is 2. The van der Waals surface area contributed by atoms with Crippen LogP contribution in [0.15, 0.2) is 30.3 Å². The maximum Gasteiger partial charge on any atom is 0.187 e. The van der Waals surface area contributed by atoms with E-state index >= 15 is 0 Å². The molecule has 110 valence electrons. The van der Waals surface area contributed by atoms with Gasteiger partial charge in [-0.2, -0.15) is 0 Å². The van der Waals surface area contributed by atoms with Gasteiger partial charge in [0.2, 0.25) is 0 Å². The predicted molar refractivity (Wildman–Crippen MR) is 84.8 cm³/mol. The molecule has 2 heterocycles. The van der Waals surface area contributed by atoms with Crippen molar-refractivity contribution in [2.75, 3.05) is 12.3 Å². The van der Waals surface area contributed by atoms with Crippen molar-refractivity contribution in [3.05, 3.63) is 36.2 Å². The Morgan fingerprint density at radius 3 is 2.64 bits per heavy atom. The lowest BCUT2D eigenvalue weighted by Crippen LogP contribution is -2.02. The molecule has 0 aliphatic heterocycles. The molecule has 2 aromatic heterocycles. The molecule has 0 aliphatic rings. The largest absolute Gasteiger partial charge is 0.384 e. The van der Waals surface area contributed by atoms with E-state index in [1.807, 2.05) is 41.8 Å². The van der Waals surface area contributed by atoms with Gasteiger partial charge in [0, 0.05) is 12.1 Å². The average molecular weight is 293 g/mol. The molecule has 1 aromatic carbocycles. The highest BCUT2D eigenvalue weighted by atomic mass is 16.2. The first-order chi connectivity index (χ1) is 10.7. The quantitative estimate of drug-likeness (QED) is 0.698. The summed E-state index contributed by atoms with van der Waals surface area (Å²) in [6, 6.07) is 9.65. The maximum atomic E-state index is 8.85. The fraction of sp³-hybridized carbons (Fsp3) is 0.188. The topological polar surface area (TPSA) is 89.8 Å². The third-order valence-electron chi connectivity index (χ3n) is 3.25. The third kappa shape index (κ3) is 2.38. The van der Waals surface area contributed by atoms with Crippen LogP contribution in [0.5, 0.6) is 0 Å². The van der Waals surface area contributed by atoms with Gasteiger partial charge in [0.1, 0.15) is 6.61 Å². The third-order valence-corrected chi connectivity index (χ3v) is 3.25. The second kappa shape index (κ2) is 5.84. The van der Waals surface area contributed by atoms with Gasteiger partial charge in [0.15, 0.2) is 28.6 Å². The van der Waals surface area contributed by atoms with Gasteiger partial charge in [0.05, 0.1) is 0 Å². The second-order valence-electron chi connectivity index (χ2n) is 4.61. The van der Waals surface area contributed by atoms with Crippen LogP contribution in [0, 0.1) is 11.8 Å². The number of aliphatic hydroxyl groups is 1. The van der Waals surface area contributed by atoms with Gasteiger partial charge in [-0.3, -0.25) is 0 Å². The summed E-state index contributed by atoms with van der Waals surface area (Å²) < 4.78 is 1.86. The van der Waals surface area contributed by atoms with E-state index < -0.39 is 0 Å². The second-order valence-corrected chi connectivity index (χ2v) is 4.61. The van der Waals surface area contributed by atoms with Crippen molar-refractivity contribution in [1.82, 2.24) is 19.5 Å². The molecule has 0 saturated carbocycles. The molecule has 0 bridgehead atoms. The van der Waals surface area contributed by atoms with E-state index in [1.165, 1.54) is 0 Å². The van der Waals surface area contributed by atoms with Gasteiger partial charge in [-0.25, -0.2) is 15.0 Å². The SMILES string of the molecule is CCn1c(C#CCO)nc2c(N)nc(-c3ccccc3)nc21. The summed E-state index contributed by atoms with van der Waals surface area (Å²) in [7, 11) is 0. The van der Waals surface area contributed by atoms with E-state index in [1.54, 1.807) is 0 Å². The van der Waals surface area contributed by atoms with Crippen molar-refractivity contribution in [1.29, 1.82) is 0 Å². The molecule has 0 aliphatic carbocycles. The van der Waals surface area contributed by atoms with E-state index in [4.69, 9.17) is 10.8 Å². The van der Waals surface area contributed by atoms with Crippen LogP contribution in [0.25, 0.3) is 22.6 Å². The van der Waals surface area contributed by atoms with Crippen molar-refractivity contribution in [2.45, 2.75) is 13.5 Å². The average Bonchev–Trinajstić information content (AvgIpc) is 2.91. The molecule has 0 atom stereocenters. The van der Waals surface area contributed by atoms with Crippen molar-refractivity contribution in [3.8, 4) is 23.2 Å². The normalized spacial score (nSPS) is 10.5. The first-order valence-corrected chi connectivity index (χ1v) is 6.93. The highest BCUT2D eigenvalue weighted by molar-refractivity contribution is 5.84. The van der Waals surface area contributed by atoms with Crippen LogP contribution in [-0.2, 0) is 6.54 Å². The first-order valence-electron chi connectivity index (χ1n) is 6.93. The number of nitrogens with two attached hydrogens (primary N) is 1. The van der Waals surface area contributed by atoms with Gasteiger partial charge in [-0.15, -0.1) is 0 Å². The molecule has 3 N–H and O–H groups in total. The van der Waals surface area contributed by atoms with E-state index in [9.17, 15) is 0 Å². The minimum Gasteiger partial charge on any atom is -0.384 e. The standard InChI is InChI=1S/C16H15N5O/c1-2-21-12(9-6-10-22)18-13-14(17)19-15(20-16(13)21)11-7-4-3-5-8-11/h3-5,7-8,22H,2,10H2,1H3,(H2,17,19,20). The fourth-order valence-corrected chi connectivity index (χ4v) is 2.25. The number of nitrogens with zero attached hydrogens (tertiary/aromatic N) is 4. The fourth-order valence-electron chi connectivity index (χ4n) is 2.25. The number of aromatic nitrogens is 4. The Kier molecular flexibility index (Phi) is 3.73. The number of hydrogen-bond donors (Lipinski definition) is 2. The number of aryl methyl sites for hydroxylation is 1. The molecule has 0 fully saturated rings. The van der Waals surface area contributed by atoms with Crippen LogP contribution in [0.3, 0.4) is 0 Å². The lowest BCUT2D eigenvalue weighted by molar-refractivity contribution is 0.350. The van der Waals surface area contributed by atoms with Crippen LogP contribution in [0.2, 0.25) is 0 Å². The zero-order chi connectivity index (χ0) is 15.5. The number of nitrogen functional groups attached to an aromatic ring is 1. The number of benzene rings is 1. The summed E-state index contributed by atoms with van der Waals surface area (Å²) in [6.07, 6.45) is 0. The van der Waals surface area contributed by atoms with Crippen LogP contribution in [0.4, 0.5) is 5.82 Å². The Morgan fingerprint density at radius 1 is 1.18 bits per heavy atom. The minimum absolute atomic E-state index is 0.219. The molecule has 0 unspecified atom stereocenters. The van der Waals surface area contributed by atoms with Gasteiger partial charge in [-0.05, 0) is 12.8 Å². The number of hydrogen-bond acceptors (Lipinski definition) is 5. The van der Waals surface area contributed by atoms with E-state index in [2.05, 4.69) is 26.8 Å². The van der Waals surface area contributed by atoms with Gasteiger partial charge < -0.3 is 15.4 Å². The molecule has 0 amide bonds. The Bertz CT molecular complexity index is 874. The summed E-state index contributed by atoms with van der Waals surface area (Å²) in [5, 5.41) is 8.85. The summed E-state index contributed by atoms with van der Waals surface area (Å²) in [4.78, 5) is 13.3. The van der Waals surface area contributed by atoms with Crippen molar-refractivity contribution >= 4 is 17.0 Å². The van der Waals surface area contributed by atoms with E-state index in [-0.39, 0.29) is 6.61 Å². The van der Waals surface area contributed by atoms with E-state index in [0.717, 1.165) is 5.56 Å². The summed E-state index contributed by atoms with van der Waals surface area (Å²) in [5.74, 6) is 6.82. The minimum atomic E-state index is -0.219. The van der Waals surface area contributed by atoms with Crippen molar-refractivity contribution in [3.63, 3.8) is 0 Å². The lowest BCUT2D eigenvalue weighted by Gasteiger charge is -2.04. The summed E-state index contributed by atoms with van der Waals surface area (Å²) in [5.41, 5.74) is 8.11. The molecule has 6 nitrogen and oxygen atoms in total. The summed E-state index contributed by atoms with van der Waals surface area (Å²) in [6.45, 7) is 2.41. The Hall–Kier alpha value is -2.91. The van der Waals surface area contributed by atoms with Crippen molar-refractivity contribution < 1.29 is 5.11 Å². The van der Waals surface area contributed by atoms with Crippen LogP contribution >= 0.6 is 0 Å². The molecule has 0 radical (unpaired) electrons. The zero-order valence-electron chi connectivity index (χ0n) is 12.1. The highest BCUT2D eigenvalue weighted by Crippen LogP contribution is 2.23. The molecular weight excluding hydrogens is 278 g/mol. The lowest BCUT2D eigenvalue weighted by atomic mass is 10.2.